The summed E-state index contributed by atoms with van der Waals surface area (Å²) in [6.45, 7) is 9.86. The molecule has 134 valence electrons. The summed E-state index contributed by atoms with van der Waals surface area (Å²) in [4.78, 5) is 27.3. The molecular weight excluding hydrogens is 318 g/mol. The third kappa shape index (κ3) is 3.85. The number of hydrogen-bond donors (Lipinski definition) is 1. The molecular formula is C19H26N3O3+. The Hall–Kier alpha value is -2.34. The van der Waals surface area contributed by atoms with E-state index in [9.17, 15) is 9.59 Å². The molecule has 1 amide bonds. The van der Waals surface area contributed by atoms with E-state index in [4.69, 9.17) is 4.42 Å². The largest absolute Gasteiger partial charge is 0.467 e. The number of aryl methyl sites for hydroxylation is 1. The fourth-order valence-electron chi connectivity index (χ4n) is 3.52. The average molecular weight is 344 g/mol. The molecule has 0 saturated carbocycles. The third-order valence-corrected chi connectivity index (χ3v) is 5.09. The Kier molecular flexibility index (Phi) is 5.08. The van der Waals surface area contributed by atoms with Crippen molar-refractivity contribution in [2.24, 2.45) is 0 Å². The van der Waals surface area contributed by atoms with E-state index >= 15 is 0 Å². The quantitative estimate of drug-likeness (QED) is 0.812. The Balaban J connectivity index is 1.66. The molecule has 0 unspecified atom stereocenters. The van der Waals surface area contributed by atoms with E-state index < -0.39 is 0 Å². The summed E-state index contributed by atoms with van der Waals surface area (Å²) in [6, 6.07) is 5.80. The van der Waals surface area contributed by atoms with Gasteiger partial charge < -0.3 is 18.8 Å². The lowest BCUT2D eigenvalue weighted by Gasteiger charge is -2.31. The van der Waals surface area contributed by atoms with Gasteiger partial charge in [-0.2, -0.15) is 0 Å². The Bertz CT molecular complexity index is 753. The van der Waals surface area contributed by atoms with Gasteiger partial charge in [-0.25, -0.2) is 0 Å². The lowest BCUT2D eigenvalue weighted by atomic mass is 10.1. The third-order valence-electron chi connectivity index (χ3n) is 5.09. The van der Waals surface area contributed by atoms with Crippen molar-refractivity contribution in [1.29, 1.82) is 0 Å². The molecule has 2 aromatic rings. The number of amides is 1. The monoisotopic (exact) mass is 344 g/mol. The topological polar surface area (TPSA) is 59.9 Å². The molecule has 1 N–H and O–H groups in total. The summed E-state index contributed by atoms with van der Waals surface area (Å²) in [5, 5.41) is 0. The number of quaternary nitrogens is 1. The van der Waals surface area contributed by atoms with Gasteiger partial charge in [0.2, 0.25) is 11.7 Å². The number of Topliss-reactive ketones (excluding diaryl/α,β-unsaturated/α-hetero) is 1. The van der Waals surface area contributed by atoms with Gasteiger partial charge in [-0.1, -0.05) is 0 Å². The zero-order chi connectivity index (χ0) is 18.0. The summed E-state index contributed by atoms with van der Waals surface area (Å²) in [6.07, 6.45) is 1.67. The second kappa shape index (κ2) is 7.27. The van der Waals surface area contributed by atoms with Crippen LogP contribution in [0.1, 0.15) is 34.4 Å². The van der Waals surface area contributed by atoms with Gasteiger partial charge in [0.1, 0.15) is 12.3 Å². The summed E-state index contributed by atoms with van der Waals surface area (Å²) in [5.41, 5.74) is 2.85. The van der Waals surface area contributed by atoms with Gasteiger partial charge in [-0.05, 0) is 32.0 Å². The first-order valence-corrected chi connectivity index (χ1v) is 8.77. The zero-order valence-corrected chi connectivity index (χ0v) is 15.2. The van der Waals surface area contributed by atoms with Gasteiger partial charge in [0.15, 0.2) is 0 Å². The van der Waals surface area contributed by atoms with E-state index in [1.165, 1.54) is 4.90 Å². The molecule has 3 heterocycles. The second-order valence-corrected chi connectivity index (χ2v) is 6.81. The highest BCUT2D eigenvalue weighted by molar-refractivity contribution is 5.98. The van der Waals surface area contributed by atoms with Crippen LogP contribution in [0, 0.1) is 13.8 Å². The van der Waals surface area contributed by atoms with Crippen molar-refractivity contribution in [2.75, 3.05) is 32.7 Å². The first-order chi connectivity index (χ1) is 12.0. The van der Waals surface area contributed by atoms with Crippen molar-refractivity contribution in [3.8, 4) is 0 Å². The van der Waals surface area contributed by atoms with Crippen LogP contribution >= 0.6 is 0 Å². The normalized spacial score (nSPS) is 15.6. The minimum Gasteiger partial charge on any atom is -0.467 e. The number of furan rings is 1. The average Bonchev–Trinajstić information content (AvgIpc) is 3.19. The number of nitrogens with zero attached hydrogens (tertiary/aromatic N) is 2. The van der Waals surface area contributed by atoms with Crippen LogP contribution < -0.4 is 4.90 Å². The number of carbonyl (C=O) groups excluding carboxylic acids is 2. The van der Waals surface area contributed by atoms with E-state index in [1.807, 2.05) is 36.9 Å². The predicted octanol–water partition coefficient (Wildman–Crippen LogP) is 0.676. The van der Waals surface area contributed by atoms with Crippen molar-refractivity contribution < 1.29 is 18.9 Å². The first kappa shape index (κ1) is 17.5. The molecule has 3 rings (SSSR count). The van der Waals surface area contributed by atoms with Gasteiger partial charge in [0, 0.05) is 23.9 Å². The lowest BCUT2D eigenvalue weighted by molar-refractivity contribution is -0.895. The minimum atomic E-state index is 0.117. The van der Waals surface area contributed by atoms with Gasteiger partial charge in [-0.15, -0.1) is 0 Å². The summed E-state index contributed by atoms with van der Waals surface area (Å²) >= 11 is 0. The Morgan fingerprint density at radius 2 is 1.96 bits per heavy atom. The molecule has 0 radical (unpaired) electrons. The van der Waals surface area contributed by atoms with Crippen molar-refractivity contribution in [1.82, 2.24) is 9.47 Å². The van der Waals surface area contributed by atoms with E-state index in [1.54, 1.807) is 13.2 Å². The zero-order valence-electron chi connectivity index (χ0n) is 15.2. The number of rotatable bonds is 5. The maximum Gasteiger partial charge on any atom is 0.219 e. The highest BCUT2D eigenvalue weighted by Gasteiger charge is 2.25. The predicted molar refractivity (Wildman–Crippen MR) is 93.9 cm³/mol. The van der Waals surface area contributed by atoms with Crippen molar-refractivity contribution in [2.45, 2.75) is 27.3 Å². The number of aromatic nitrogens is 1. The van der Waals surface area contributed by atoms with Crippen LogP contribution in [0.2, 0.25) is 0 Å². The fraction of sp³-hybridized carbons (Fsp3) is 0.474. The molecule has 0 bridgehead atoms. The smallest absolute Gasteiger partial charge is 0.219 e. The fourth-order valence-corrected chi connectivity index (χ4v) is 3.52. The van der Waals surface area contributed by atoms with Crippen LogP contribution in [0.25, 0.3) is 0 Å². The highest BCUT2D eigenvalue weighted by Crippen LogP contribution is 2.17. The van der Waals surface area contributed by atoms with Crippen molar-refractivity contribution in [3.63, 3.8) is 0 Å². The molecule has 25 heavy (non-hydrogen) atoms. The van der Waals surface area contributed by atoms with Gasteiger partial charge in [0.05, 0.1) is 39.0 Å². The van der Waals surface area contributed by atoms with Gasteiger partial charge in [-0.3, -0.25) is 9.59 Å². The molecule has 1 aliphatic rings. The Morgan fingerprint density at radius 3 is 2.56 bits per heavy atom. The van der Waals surface area contributed by atoms with Crippen LogP contribution in [0.15, 0.2) is 28.9 Å². The number of nitrogens with one attached hydrogen (secondary N) is 1. The molecule has 1 aliphatic heterocycles. The molecule has 0 spiro atoms. The SMILES string of the molecule is CC(=O)N1CC[NH+](CC(=O)c2cc(C)n(Cc3ccco3)c2C)CC1. The van der Waals surface area contributed by atoms with E-state index in [0.29, 0.717) is 13.1 Å². The lowest BCUT2D eigenvalue weighted by Crippen LogP contribution is -3.15. The molecule has 6 nitrogen and oxygen atoms in total. The maximum absolute atomic E-state index is 12.8. The van der Waals surface area contributed by atoms with Gasteiger partial charge in [0.25, 0.3) is 0 Å². The summed E-state index contributed by atoms with van der Waals surface area (Å²) in [5.74, 6) is 1.17. The van der Waals surface area contributed by atoms with Crippen LogP contribution in [-0.2, 0) is 11.3 Å². The molecule has 6 heteroatoms. The molecule has 0 aliphatic carbocycles. The summed E-state index contributed by atoms with van der Waals surface area (Å²) < 4.78 is 7.55. The molecule has 2 aromatic heterocycles. The van der Waals surface area contributed by atoms with E-state index in [0.717, 1.165) is 48.9 Å². The van der Waals surface area contributed by atoms with Gasteiger partial charge >= 0.3 is 0 Å². The number of ketones is 1. The Labute approximate surface area is 148 Å². The summed E-state index contributed by atoms with van der Waals surface area (Å²) in [7, 11) is 0. The Morgan fingerprint density at radius 1 is 1.24 bits per heavy atom. The molecule has 0 aromatic carbocycles. The molecule has 1 saturated heterocycles. The first-order valence-electron chi connectivity index (χ1n) is 8.77. The number of hydrogen-bond acceptors (Lipinski definition) is 3. The van der Waals surface area contributed by atoms with Crippen LogP contribution in [-0.4, -0.2) is 53.9 Å². The maximum atomic E-state index is 12.8. The minimum absolute atomic E-state index is 0.117. The van der Waals surface area contributed by atoms with Crippen LogP contribution in [0.5, 0.6) is 0 Å². The van der Waals surface area contributed by atoms with Crippen LogP contribution in [0.4, 0.5) is 0 Å². The number of piperazine rings is 1. The standard InChI is InChI=1S/C19H25N3O3/c1-14-11-18(15(2)22(14)12-17-5-4-10-25-17)19(24)13-20-6-8-21(9-7-20)16(3)23/h4-5,10-11H,6-9,12-13H2,1-3H3/p+1. The van der Waals surface area contributed by atoms with Crippen LogP contribution in [0.3, 0.4) is 0 Å². The van der Waals surface area contributed by atoms with E-state index in [-0.39, 0.29) is 11.7 Å². The molecule has 0 atom stereocenters. The molecule has 1 fully saturated rings. The van der Waals surface area contributed by atoms with E-state index in [2.05, 4.69) is 4.57 Å². The second-order valence-electron chi connectivity index (χ2n) is 6.81. The highest BCUT2D eigenvalue weighted by atomic mass is 16.3. The number of carbonyl (C=O) groups is 2. The van der Waals surface area contributed by atoms with Crippen molar-refractivity contribution >= 4 is 11.7 Å². The van der Waals surface area contributed by atoms with Crippen molar-refractivity contribution in [3.05, 3.63) is 47.2 Å².